The number of nitrogens with zero attached hydrogens (tertiary/aromatic N) is 7. The number of fused-ring (bicyclic) bond motifs is 1. The van der Waals surface area contributed by atoms with Crippen LogP contribution in [-0.2, 0) is 4.79 Å². The molecule has 26 heavy (non-hydrogen) atoms. The van der Waals surface area contributed by atoms with Gasteiger partial charge in [-0.2, -0.15) is 0 Å². The molecule has 134 valence electrons. The molecule has 0 radical (unpaired) electrons. The number of piperazine rings is 1. The lowest BCUT2D eigenvalue weighted by Gasteiger charge is -2.34. The molecule has 1 N–H and O–H groups in total. The van der Waals surface area contributed by atoms with E-state index in [-0.39, 0.29) is 18.3 Å². The predicted molar refractivity (Wildman–Crippen MR) is 92.3 cm³/mol. The standard InChI is InChI=1S/C16H17FN8O/c17-12-2-1-3-13(10-12)18-16(26)11-23-6-8-24(9-7-23)15-5-4-14-19-21-22-25(14)20-15/h1-5,10H,6-9,11H2,(H,18,26). The molecule has 4 rings (SSSR count). The summed E-state index contributed by atoms with van der Waals surface area (Å²) >= 11 is 0. The molecule has 1 saturated heterocycles. The van der Waals surface area contributed by atoms with Gasteiger partial charge in [0, 0.05) is 31.9 Å². The molecule has 0 atom stereocenters. The quantitative estimate of drug-likeness (QED) is 0.724. The molecule has 0 saturated carbocycles. The fraction of sp³-hybridized carbons (Fsp3) is 0.312. The summed E-state index contributed by atoms with van der Waals surface area (Å²) in [6.07, 6.45) is 0. The van der Waals surface area contributed by atoms with E-state index in [1.54, 1.807) is 12.1 Å². The van der Waals surface area contributed by atoms with Crippen molar-refractivity contribution in [2.45, 2.75) is 0 Å². The maximum Gasteiger partial charge on any atom is 0.238 e. The summed E-state index contributed by atoms with van der Waals surface area (Å²) in [4.78, 5) is 16.3. The number of aromatic nitrogens is 5. The molecule has 10 heteroatoms. The molecule has 1 aromatic carbocycles. The largest absolute Gasteiger partial charge is 0.353 e. The molecule has 0 spiro atoms. The van der Waals surface area contributed by atoms with Crippen LogP contribution in [0, 0.1) is 5.82 Å². The van der Waals surface area contributed by atoms with E-state index in [2.05, 4.69) is 35.7 Å². The van der Waals surface area contributed by atoms with E-state index < -0.39 is 0 Å². The Morgan fingerprint density at radius 2 is 2.00 bits per heavy atom. The van der Waals surface area contributed by atoms with Crippen LogP contribution in [0.4, 0.5) is 15.9 Å². The number of hydrogen-bond donors (Lipinski definition) is 1. The number of hydrogen-bond acceptors (Lipinski definition) is 7. The first kappa shape index (κ1) is 16.3. The van der Waals surface area contributed by atoms with Gasteiger partial charge < -0.3 is 10.2 Å². The third-order valence-corrected chi connectivity index (χ3v) is 4.23. The van der Waals surface area contributed by atoms with Crippen LogP contribution in [0.3, 0.4) is 0 Å². The molecule has 1 aliphatic rings. The lowest BCUT2D eigenvalue weighted by molar-refractivity contribution is -0.117. The number of carbonyl (C=O) groups excluding carboxylic acids is 1. The summed E-state index contributed by atoms with van der Waals surface area (Å²) in [6, 6.07) is 9.59. The molecule has 9 nitrogen and oxygen atoms in total. The van der Waals surface area contributed by atoms with Crippen molar-refractivity contribution in [2.24, 2.45) is 0 Å². The van der Waals surface area contributed by atoms with Crippen LogP contribution in [0.5, 0.6) is 0 Å². The van der Waals surface area contributed by atoms with Crippen molar-refractivity contribution >= 4 is 23.1 Å². The molecule has 3 heterocycles. The second-order valence-electron chi connectivity index (χ2n) is 6.04. The zero-order valence-corrected chi connectivity index (χ0v) is 13.9. The van der Waals surface area contributed by atoms with Gasteiger partial charge in [-0.15, -0.1) is 14.8 Å². The molecule has 0 aliphatic carbocycles. The number of rotatable bonds is 4. The van der Waals surface area contributed by atoms with Crippen molar-refractivity contribution in [1.82, 2.24) is 30.2 Å². The second-order valence-corrected chi connectivity index (χ2v) is 6.04. The van der Waals surface area contributed by atoms with Crippen LogP contribution in [0.2, 0.25) is 0 Å². The Labute approximate surface area is 148 Å². The highest BCUT2D eigenvalue weighted by atomic mass is 19.1. The smallest absolute Gasteiger partial charge is 0.238 e. The fourth-order valence-corrected chi connectivity index (χ4v) is 2.91. The van der Waals surface area contributed by atoms with Gasteiger partial charge >= 0.3 is 0 Å². The number of carbonyl (C=O) groups is 1. The Bertz CT molecular complexity index is 921. The summed E-state index contributed by atoms with van der Waals surface area (Å²) in [5, 5.41) is 18.3. The minimum absolute atomic E-state index is 0.155. The Morgan fingerprint density at radius 1 is 1.15 bits per heavy atom. The highest BCUT2D eigenvalue weighted by Gasteiger charge is 2.20. The molecule has 0 unspecified atom stereocenters. The minimum Gasteiger partial charge on any atom is -0.353 e. The van der Waals surface area contributed by atoms with Crippen LogP contribution in [0.15, 0.2) is 36.4 Å². The topological polar surface area (TPSA) is 91.6 Å². The Balaban J connectivity index is 1.31. The van der Waals surface area contributed by atoms with E-state index in [0.29, 0.717) is 11.3 Å². The van der Waals surface area contributed by atoms with Gasteiger partial charge in [-0.1, -0.05) is 6.07 Å². The maximum atomic E-state index is 13.2. The van der Waals surface area contributed by atoms with Crippen molar-refractivity contribution in [3.63, 3.8) is 0 Å². The first-order valence-electron chi connectivity index (χ1n) is 8.25. The van der Waals surface area contributed by atoms with Gasteiger partial charge in [0.1, 0.15) is 5.82 Å². The Hall–Kier alpha value is -3.14. The average Bonchev–Trinajstić information content (AvgIpc) is 3.10. The summed E-state index contributed by atoms with van der Waals surface area (Å²) in [5.74, 6) is 0.273. The fourth-order valence-electron chi connectivity index (χ4n) is 2.91. The molecule has 2 aromatic heterocycles. The van der Waals surface area contributed by atoms with Gasteiger partial charge in [-0.05, 0) is 40.8 Å². The Morgan fingerprint density at radius 3 is 2.81 bits per heavy atom. The lowest BCUT2D eigenvalue weighted by Crippen LogP contribution is -2.49. The molecule has 1 aliphatic heterocycles. The van der Waals surface area contributed by atoms with Crippen LogP contribution in [-0.4, -0.2) is 68.8 Å². The normalized spacial score (nSPS) is 15.3. The number of anilines is 2. The SMILES string of the molecule is O=C(CN1CCN(c2ccc3nnnn3n2)CC1)Nc1cccc(F)c1. The van der Waals surface area contributed by atoms with Crippen LogP contribution >= 0.6 is 0 Å². The maximum absolute atomic E-state index is 13.2. The number of halogens is 1. The zero-order valence-electron chi connectivity index (χ0n) is 13.9. The van der Waals surface area contributed by atoms with Gasteiger partial charge in [0.05, 0.1) is 6.54 Å². The zero-order chi connectivity index (χ0) is 17.9. The van der Waals surface area contributed by atoms with Gasteiger partial charge in [-0.25, -0.2) is 4.39 Å². The monoisotopic (exact) mass is 356 g/mol. The first-order chi connectivity index (χ1) is 12.7. The molecular formula is C16H17FN8O. The third-order valence-electron chi connectivity index (χ3n) is 4.23. The van der Waals surface area contributed by atoms with Crippen molar-refractivity contribution in [3.8, 4) is 0 Å². The highest BCUT2D eigenvalue weighted by Crippen LogP contribution is 2.14. The number of tetrazole rings is 1. The van der Waals surface area contributed by atoms with E-state index in [4.69, 9.17) is 0 Å². The van der Waals surface area contributed by atoms with E-state index in [1.807, 2.05) is 12.1 Å². The average molecular weight is 356 g/mol. The van der Waals surface area contributed by atoms with Crippen molar-refractivity contribution in [1.29, 1.82) is 0 Å². The minimum atomic E-state index is -0.372. The molecule has 1 amide bonds. The molecule has 1 fully saturated rings. The molecular weight excluding hydrogens is 339 g/mol. The van der Waals surface area contributed by atoms with Crippen LogP contribution < -0.4 is 10.2 Å². The Kier molecular flexibility index (Phi) is 4.40. The molecule has 3 aromatic rings. The van der Waals surface area contributed by atoms with E-state index >= 15 is 0 Å². The number of amides is 1. The van der Waals surface area contributed by atoms with Gasteiger partial charge in [0.2, 0.25) is 5.91 Å². The van der Waals surface area contributed by atoms with Crippen LogP contribution in [0.1, 0.15) is 0 Å². The van der Waals surface area contributed by atoms with Crippen molar-refractivity contribution < 1.29 is 9.18 Å². The second kappa shape index (κ2) is 7.00. The summed E-state index contributed by atoms with van der Waals surface area (Å²) in [6.45, 7) is 3.21. The number of nitrogens with one attached hydrogen (secondary N) is 1. The third kappa shape index (κ3) is 3.59. The molecule has 0 bridgehead atoms. The van der Waals surface area contributed by atoms with Crippen molar-refractivity contribution in [2.75, 3.05) is 42.9 Å². The summed E-state index contributed by atoms with van der Waals surface area (Å²) in [5.41, 5.74) is 1.06. The number of benzene rings is 1. The van der Waals surface area contributed by atoms with E-state index in [9.17, 15) is 9.18 Å². The first-order valence-corrected chi connectivity index (χ1v) is 8.25. The van der Waals surface area contributed by atoms with Gasteiger partial charge in [0.25, 0.3) is 0 Å². The van der Waals surface area contributed by atoms with Crippen molar-refractivity contribution in [3.05, 3.63) is 42.2 Å². The highest BCUT2D eigenvalue weighted by molar-refractivity contribution is 5.92. The van der Waals surface area contributed by atoms with E-state index in [0.717, 1.165) is 32.0 Å². The van der Waals surface area contributed by atoms with E-state index in [1.165, 1.54) is 16.8 Å². The van der Waals surface area contributed by atoms with Gasteiger partial charge in [0.15, 0.2) is 11.5 Å². The lowest BCUT2D eigenvalue weighted by atomic mass is 10.3. The summed E-state index contributed by atoms with van der Waals surface area (Å²) < 4.78 is 14.6. The van der Waals surface area contributed by atoms with Gasteiger partial charge in [-0.3, -0.25) is 9.69 Å². The predicted octanol–water partition coefficient (Wildman–Crippen LogP) is 0.419. The van der Waals surface area contributed by atoms with Crippen LogP contribution in [0.25, 0.3) is 5.65 Å². The summed E-state index contributed by atoms with van der Waals surface area (Å²) in [7, 11) is 0.